The van der Waals surface area contributed by atoms with E-state index in [0.717, 1.165) is 53.8 Å². The van der Waals surface area contributed by atoms with Crippen molar-refractivity contribution in [3.8, 4) is 0 Å². The van der Waals surface area contributed by atoms with Gasteiger partial charge in [0.25, 0.3) is 0 Å². The second-order valence-electron chi connectivity index (χ2n) is 6.00. The maximum atomic E-state index is 6.50. The number of nitrogens with zero attached hydrogens (tertiary/aromatic N) is 3. The van der Waals surface area contributed by atoms with E-state index in [1.54, 1.807) is 0 Å². The van der Waals surface area contributed by atoms with Gasteiger partial charge in [-0.05, 0) is 32.5 Å². The molecule has 4 nitrogen and oxygen atoms in total. The average Bonchev–Trinajstić information content (AvgIpc) is 2.83. The second-order valence-corrected chi connectivity index (χ2v) is 6.41. The van der Waals surface area contributed by atoms with Crippen LogP contribution in [0.15, 0.2) is 28.8 Å². The zero-order valence-electron chi connectivity index (χ0n) is 13.3. The quantitative estimate of drug-likeness (QED) is 0.869. The third-order valence-electron chi connectivity index (χ3n) is 4.46. The van der Waals surface area contributed by atoms with Gasteiger partial charge in [0.05, 0.1) is 11.7 Å². The zero-order chi connectivity index (χ0) is 15.7. The summed E-state index contributed by atoms with van der Waals surface area (Å²) >= 11 is 6.50. The number of likely N-dealkylation sites (N-methyl/N-ethyl adjacent to an activating group) is 1. The van der Waals surface area contributed by atoms with Crippen LogP contribution in [-0.2, 0) is 0 Å². The fourth-order valence-electron chi connectivity index (χ4n) is 3.19. The van der Waals surface area contributed by atoms with Crippen molar-refractivity contribution >= 4 is 11.6 Å². The predicted octanol–water partition coefficient (Wildman–Crippen LogP) is 3.28. The van der Waals surface area contributed by atoms with Crippen LogP contribution >= 0.6 is 11.6 Å². The third-order valence-corrected chi connectivity index (χ3v) is 4.81. The highest BCUT2D eigenvalue weighted by molar-refractivity contribution is 6.31. The standard InChI is InChI=1S/C17H22ClN3O/c1-12-16(13(2)22-19-12)17(14-6-4-5-7-15(14)18)21-10-8-20(3)9-11-21/h4-7,17H,8-11H2,1-3H3. The van der Waals surface area contributed by atoms with Crippen molar-refractivity contribution in [2.24, 2.45) is 0 Å². The Balaban J connectivity index is 2.05. The maximum Gasteiger partial charge on any atom is 0.139 e. The van der Waals surface area contributed by atoms with E-state index in [1.807, 2.05) is 32.0 Å². The Bertz CT molecular complexity index is 628. The van der Waals surface area contributed by atoms with E-state index in [9.17, 15) is 0 Å². The highest BCUT2D eigenvalue weighted by atomic mass is 35.5. The Morgan fingerprint density at radius 1 is 1.14 bits per heavy atom. The summed E-state index contributed by atoms with van der Waals surface area (Å²) in [5.41, 5.74) is 3.22. The molecule has 118 valence electrons. The van der Waals surface area contributed by atoms with Crippen LogP contribution in [0.25, 0.3) is 0 Å². The SMILES string of the molecule is Cc1noc(C)c1C(c1ccccc1Cl)N1CCN(C)CC1. The molecule has 1 aromatic carbocycles. The highest BCUT2D eigenvalue weighted by Crippen LogP contribution is 2.36. The van der Waals surface area contributed by atoms with E-state index in [0.29, 0.717) is 0 Å². The summed E-state index contributed by atoms with van der Waals surface area (Å²) in [7, 11) is 2.16. The van der Waals surface area contributed by atoms with Crippen molar-refractivity contribution < 1.29 is 4.52 Å². The predicted molar refractivity (Wildman–Crippen MR) is 88.3 cm³/mol. The molecular formula is C17H22ClN3O. The number of hydrogen-bond acceptors (Lipinski definition) is 4. The van der Waals surface area contributed by atoms with Gasteiger partial charge in [-0.25, -0.2) is 0 Å². The summed E-state index contributed by atoms with van der Waals surface area (Å²) in [6, 6.07) is 8.19. The molecule has 1 atom stereocenters. The molecule has 2 heterocycles. The molecule has 2 aromatic rings. The topological polar surface area (TPSA) is 32.5 Å². The van der Waals surface area contributed by atoms with Crippen LogP contribution < -0.4 is 0 Å². The smallest absolute Gasteiger partial charge is 0.139 e. The van der Waals surface area contributed by atoms with Gasteiger partial charge in [-0.2, -0.15) is 0 Å². The second kappa shape index (κ2) is 6.41. The molecule has 1 aliphatic heterocycles. The summed E-state index contributed by atoms with van der Waals surface area (Å²) in [4.78, 5) is 4.83. The van der Waals surface area contributed by atoms with Crippen molar-refractivity contribution in [1.82, 2.24) is 15.0 Å². The average molecular weight is 320 g/mol. The molecule has 0 amide bonds. The van der Waals surface area contributed by atoms with Crippen molar-refractivity contribution in [3.63, 3.8) is 0 Å². The molecule has 0 radical (unpaired) electrons. The van der Waals surface area contributed by atoms with Gasteiger partial charge >= 0.3 is 0 Å². The number of aromatic nitrogens is 1. The lowest BCUT2D eigenvalue weighted by molar-refractivity contribution is 0.126. The first-order chi connectivity index (χ1) is 10.6. The van der Waals surface area contributed by atoms with E-state index in [-0.39, 0.29) is 6.04 Å². The summed E-state index contributed by atoms with van der Waals surface area (Å²) in [5, 5.41) is 4.94. The normalized spacial score (nSPS) is 18.5. The van der Waals surface area contributed by atoms with E-state index in [1.165, 1.54) is 0 Å². The first kappa shape index (κ1) is 15.5. The Morgan fingerprint density at radius 3 is 2.41 bits per heavy atom. The minimum atomic E-state index is 0.105. The minimum absolute atomic E-state index is 0.105. The molecule has 1 aliphatic rings. The van der Waals surface area contributed by atoms with Gasteiger partial charge in [0.2, 0.25) is 0 Å². The fourth-order valence-corrected chi connectivity index (χ4v) is 3.43. The van der Waals surface area contributed by atoms with Crippen molar-refractivity contribution in [2.75, 3.05) is 33.2 Å². The Kier molecular flexibility index (Phi) is 4.52. The van der Waals surface area contributed by atoms with Crippen molar-refractivity contribution in [3.05, 3.63) is 51.9 Å². The van der Waals surface area contributed by atoms with Crippen LogP contribution in [0.4, 0.5) is 0 Å². The number of hydrogen-bond donors (Lipinski definition) is 0. The Morgan fingerprint density at radius 2 is 1.82 bits per heavy atom. The molecular weight excluding hydrogens is 298 g/mol. The lowest BCUT2D eigenvalue weighted by Crippen LogP contribution is -2.46. The first-order valence-corrected chi connectivity index (χ1v) is 8.05. The van der Waals surface area contributed by atoms with Gasteiger partial charge in [0.1, 0.15) is 5.76 Å². The van der Waals surface area contributed by atoms with Crippen LogP contribution in [0.1, 0.15) is 28.6 Å². The molecule has 1 aromatic heterocycles. The summed E-state index contributed by atoms with van der Waals surface area (Å²) in [6.45, 7) is 8.13. The number of benzene rings is 1. The molecule has 1 unspecified atom stereocenters. The molecule has 0 bridgehead atoms. The highest BCUT2D eigenvalue weighted by Gasteiger charge is 2.31. The van der Waals surface area contributed by atoms with Crippen LogP contribution in [0, 0.1) is 13.8 Å². The third kappa shape index (κ3) is 2.91. The van der Waals surface area contributed by atoms with Gasteiger partial charge in [-0.15, -0.1) is 0 Å². The molecule has 0 aliphatic carbocycles. The van der Waals surface area contributed by atoms with Gasteiger partial charge in [-0.3, -0.25) is 4.90 Å². The molecule has 1 fully saturated rings. The van der Waals surface area contributed by atoms with E-state index in [4.69, 9.17) is 16.1 Å². The Hall–Kier alpha value is -1.36. The monoisotopic (exact) mass is 319 g/mol. The maximum absolute atomic E-state index is 6.50. The number of halogens is 1. The zero-order valence-corrected chi connectivity index (χ0v) is 14.1. The molecule has 0 saturated carbocycles. The number of piperazine rings is 1. The molecule has 1 saturated heterocycles. The van der Waals surface area contributed by atoms with Gasteiger partial charge in [-0.1, -0.05) is 35.0 Å². The summed E-state index contributed by atoms with van der Waals surface area (Å²) in [6.07, 6.45) is 0. The van der Waals surface area contributed by atoms with Gasteiger partial charge in [0.15, 0.2) is 0 Å². The first-order valence-electron chi connectivity index (χ1n) is 7.67. The van der Waals surface area contributed by atoms with E-state index in [2.05, 4.69) is 28.1 Å². The van der Waals surface area contributed by atoms with Gasteiger partial charge < -0.3 is 9.42 Å². The fraction of sp³-hybridized carbons (Fsp3) is 0.471. The molecule has 5 heteroatoms. The summed E-state index contributed by atoms with van der Waals surface area (Å²) < 4.78 is 5.42. The molecule has 3 rings (SSSR count). The minimum Gasteiger partial charge on any atom is -0.361 e. The van der Waals surface area contributed by atoms with Crippen LogP contribution in [-0.4, -0.2) is 48.2 Å². The van der Waals surface area contributed by atoms with Crippen LogP contribution in [0.2, 0.25) is 5.02 Å². The lowest BCUT2D eigenvalue weighted by Gasteiger charge is -2.38. The van der Waals surface area contributed by atoms with E-state index >= 15 is 0 Å². The van der Waals surface area contributed by atoms with E-state index < -0.39 is 0 Å². The lowest BCUT2D eigenvalue weighted by atomic mass is 9.95. The molecule has 0 N–H and O–H groups in total. The van der Waals surface area contributed by atoms with Crippen molar-refractivity contribution in [1.29, 1.82) is 0 Å². The van der Waals surface area contributed by atoms with Crippen LogP contribution in [0.3, 0.4) is 0 Å². The largest absolute Gasteiger partial charge is 0.361 e. The number of rotatable bonds is 3. The van der Waals surface area contributed by atoms with Crippen molar-refractivity contribution in [2.45, 2.75) is 19.9 Å². The van der Waals surface area contributed by atoms with Gasteiger partial charge in [0, 0.05) is 36.8 Å². The van der Waals surface area contributed by atoms with Crippen LogP contribution in [0.5, 0.6) is 0 Å². The summed E-state index contributed by atoms with van der Waals surface area (Å²) in [5.74, 6) is 0.876. The molecule has 22 heavy (non-hydrogen) atoms. The Labute approximate surface area is 136 Å². The molecule has 0 spiro atoms. The number of aryl methyl sites for hydroxylation is 2.